The lowest BCUT2D eigenvalue weighted by molar-refractivity contribution is -0.111. The maximum Gasteiger partial charge on any atom is 0.248 e. The molecule has 0 aliphatic heterocycles. The highest BCUT2D eigenvalue weighted by Crippen LogP contribution is 2.31. The topological polar surface area (TPSA) is 60.5 Å². The van der Waals surface area contributed by atoms with E-state index < -0.39 is 0 Å². The van der Waals surface area contributed by atoms with Crippen LogP contribution in [0.25, 0.3) is 5.57 Å². The van der Waals surface area contributed by atoms with Gasteiger partial charge in [-0.05, 0) is 60.0 Å². The molecule has 0 saturated carbocycles. The molecule has 6 heteroatoms. The maximum absolute atomic E-state index is 13.0. The smallest absolute Gasteiger partial charge is 0.248 e. The number of hydrogen-bond donors (Lipinski definition) is 1. The second kappa shape index (κ2) is 9.50. The van der Waals surface area contributed by atoms with Gasteiger partial charge < -0.3 is 14.8 Å². The number of benzene rings is 2. The van der Waals surface area contributed by atoms with Gasteiger partial charge in [-0.15, -0.1) is 0 Å². The Morgan fingerprint density at radius 1 is 1.07 bits per heavy atom. The Morgan fingerprint density at radius 2 is 1.79 bits per heavy atom. The van der Waals surface area contributed by atoms with E-state index in [4.69, 9.17) is 9.47 Å². The zero-order valence-corrected chi connectivity index (χ0v) is 16.2. The van der Waals surface area contributed by atoms with E-state index in [1.54, 1.807) is 56.8 Å². The molecule has 0 spiro atoms. The summed E-state index contributed by atoms with van der Waals surface area (Å²) in [5.74, 6) is 0.469. The van der Waals surface area contributed by atoms with E-state index in [1.165, 1.54) is 18.2 Å². The normalized spacial score (nSPS) is 11.1. The van der Waals surface area contributed by atoms with Gasteiger partial charge in [0.15, 0.2) is 11.5 Å². The molecule has 3 aromatic rings. The molecule has 3 rings (SSSR count). The molecule has 5 nitrogen and oxygen atoms in total. The van der Waals surface area contributed by atoms with Crippen molar-refractivity contribution < 1.29 is 18.7 Å². The van der Waals surface area contributed by atoms with E-state index >= 15 is 0 Å². The SMILES string of the molecule is COc1ccc(NC(=O)/C=C(/C)c2ccc(F)cc2)cc1OCc1ccncc1. The number of halogens is 1. The summed E-state index contributed by atoms with van der Waals surface area (Å²) in [6.45, 7) is 2.14. The Hall–Kier alpha value is -3.67. The first-order valence-corrected chi connectivity index (χ1v) is 9.00. The third kappa shape index (κ3) is 5.65. The molecule has 1 N–H and O–H groups in total. The lowest BCUT2D eigenvalue weighted by Crippen LogP contribution is -2.09. The molecule has 29 heavy (non-hydrogen) atoms. The third-order valence-corrected chi connectivity index (χ3v) is 4.22. The first-order chi connectivity index (χ1) is 14.0. The van der Waals surface area contributed by atoms with Crippen LogP contribution in [0.3, 0.4) is 0 Å². The van der Waals surface area contributed by atoms with Gasteiger partial charge in [-0.2, -0.15) is 0 Å². The molecule has 0 aliphatic carbocycles. The standard InChI is InChI=1S/C23H21FN2O3/c1-16(18-3-5-19(24)6-4-18)13-23(27)26-20-7-8-21(28-2)22(14-20)29-15-17-9-11-25-12-10-17/h3-14H,15H2,1-2H3,(H,26,27)/b16-13-. The van der Waals surface area contributed by atoms with Crippen LogP contribution in [-0.2, 0) is 11.4 Å². The van der Waals surface area contributed by atoms with Gasteiger partial charge in [0.2, 0.25) is 5.91 Å². The van der Waals surface area contributed by atoms with Crippen molar-refractivity contribution >= 4 is 17.2 Å². The van der Waals surface area contributed by atoms with Crippen molar-refractivity contribution in [3.8, 4) is 11.5 Å². The molecule has 0 bridgehead atoms. The first-order valence-electron chi connectivity index (χ1n) is 9.00. The Bertz CT molecular complexity index is 1000. The predicted molar refractivity (Wildman–Crippen MR) is 110 cm³/mol. The lowest BCUT2D eigenvalue weighted by atomic mass is 10.1. The molecule has 1 heterocycles. The summed E-state index contributed by atoms with van der Waals surface area (Å²) >= 11 is 0. The van der Waals surface area contributed by atoms with Crippen molar-refractivity contribution in [1.82, 2.24) is 4.98 Å². The largest absolute Gasteiger partial charge is 0.493 e. The number of aromatic nitrogens is 1. The number of carbonyl (C=O) groups is 1. The van der Waals surface area contributed by atoms with E-state index in [0.29, 0.717) is 23.8 Å². The van der Waals surface area contributed by atoms with Crippen molar-refractivity contribution in [2.45, 2.75) is 13.5 Å². The highest BCUT2D eigenvalue weighted by atomic mass is 19.1. The van der Waals surface area contributed by atoms with E-state index in [9.17, 15) is 9.18 Å². The molecule has 0 fully saturated rings. The average Bonchev–Trinajstić information content (AvgIpc) is 2.73. The van der Waals surface area contributed by atoms with Crippen molar-refractivity contribution in [3.05, 3.63) is 90.0 Å². The van der Waals surface area contributed by atoms with Crippen molar-refractivity contribution in [2.24, 2.45) is 0 Å². The first kappa shape index (κ1) is 20.1. The third-order valence-electron chi connectivity index (χ3n) is 4.22. The second-order valence-corrected chi connectivity index (χ2v) is 6.33. The van der Waals surface area contributed by atoms with Crippen LogP contribution in [0.4, 0.5) is 10.1 Å². The Balaban J connectivity index is 1.70. The summed E-state index contributed by atoms with van der Waals surface area (Å²) in [5.41, 5.74) is 3.04. The van der Waals surface area contributed by atoms with Crippen LogP contribution < -0.4 is 14.8 Å². The second-order valence-electron chi connectivity index (χ2n) is 6.33. The molecular formula is C23H21FN2O3. The molecule has 0 unspecified atom stereocenters. The summed E-state index contributed by atoms with van der Waals surface area (Å²) in [6, 6.07) is 14.9. The molecule has 1 aromatic heterocycles. The van der Waals surface area contributed by atoms with Crippen LogP contribution in [0.1, 0.15) is 18.1 Å². The van der Waals surface area contributed by atoms with Gasteiger partial charge in [0.1, 0.15) is 12.4 Å². The van der Waals surface area contributed by atoms with Gasteiger partial charge in [0.25, 0.3) is 0 Å². The predicted octanol–water partition coefficient (Wildman–Crippen LogP) is 4.85. The quantitative estimate of drug-likeness (QED) is 0.584. The van der Waals surface area contributed by atoms with E-state index in [2.05, 4.69) is 10.3 Å². The van der Waals surface area contributed by atoms with Gasteiger partial charge >= 0.3 is 0 Å². The summed E-state index contributed by atoms with van der Waals surface area (Å²) in [5, 5.41) is 2.81. The van der Waals surface area contributed by atoms with Crippen LogP contribution in [0.15, 0.2) is 73.1 Å². The molecular weight excluding hydrogens is 371 g/mol. The summed E-state index contributed by atoms with van der Waals surface area (Å²) < 4.78 is 24.2. The number of methoxy groups -OCH3 is 1. The van der Waals surface area contributed by atoms with E-state index in [0.717, 1.165) is 16.7 Å². The van der Waals surface area contributed by atoms with Gasteiger partial charge in [-0.3, -0.25) is 9.78 Å². The van der Waals surface area contributed by atoms with Gasteiger partial charge in [-0.1, -0.05) is 12.1 Å². The molecule has 2 aromatic carbocycles. The van der Waals surface area contributed by atoms with Crippen molar-refractivity contribution in [1.29, 1.82) is 0 Å². The van der Waals surface area contributed by atoms with Crippen LogP contribution in [-0.4, -0.2) is 18.0 Å². The Morgan fingerprint density at radius 3 is 2.48 bits per heavy atom. The number of rotatable bonds is 7. The van der Waals surface area contributed by atoms with E-state index in [1.807, 2.05) is 12.1 Å². The van der Waals surface area contributed by atoms with Crippen LogP contribution >= 0.6 is 0 Å². The highest BCUT2D eigenvalue weighted by Gasteiger charge is 2.09. The zero-order valence-electron chi connectivity index (χ0n) is 16.2. The molecule has 1 amide bonds. The van der Waals surface area contributed by atoms with Gasteiger partial charge in [0, 0.05) is 30.2 Å². The molecule has 148 valence electrons. The molecule has 0 radical (unpaired) electrons. The lowest BCUT2D eigenvalue weighted by Gasteiger charge is -2.13. The average molecular weight is 392 g/mol. The van der Waals surface area contributed by atoms with Gasteiger partial charge in [0.05, 0.1) is 7.11 Å². The minimum Gasteiger partial charge on any atom is -0.493 e. The van der Waals surface area contributed by atoms with E-state index in [-0.39, 0.29) is 11.7 Å². The number of nitrogens with zero attached hydrogens (tertiary/aromatic N) is 1. The minimum absolute atomic E-state index is 0.294. The number of hydrogen-bond acceptors (Lipinski definition) is 4. The molecule has 0 saturated heterocycles. The maximum atomic E-state index is 13.0. The van der Waals surface area contributed by atoms with Crippen LogP contribution in [0.2, 0.25) is 0 Å². The highest BCUT2D eigenvalue weighted by molar-refractivity contribution is 6.03. The van der Waals surface area contributed by atoms with Crippen LogP contribution in [0.5, 0.6) is 11.5 Å². The number of carbonyl (C=O) groups excluding carboxylic acids is 1. The summed E-state index contributed by atoms with van der Waals surface area (Å²) in [7, 11) is 1.56. The molecule has 0 aliphatic rings. The molecule has 0 atom stereocenters. The number of pyridine rings is 1. The minimum atomic E-state index is -0.316. The fraction of sp³-hybridized carbons (Fsp3) is 0.130. The summed E-state index contributed by atoms with van der Waals surface area (Å²) in [6.07, 6.45) is 4.86. The fourth-order valence-corrected chi connectivity index (χ4v) is 2.68. The van der Waals surface area contributed by atoms with Crippen LogP contribution in [0, 0.1) is 5.82 Å². The fourth-order valence-electron chi connectivity index (χ4n) is 2.68. The number of nitrogens with one attached hydrogen (secondary N) is 1. The van der Waals surface area contributed by atoms with Crippen molar-refractivity contribution in [3.63, 3.8) is 0 Å². The van der Waals surface area contributed by atoms with Gasteiger partial charge in [-0.25, -0.2) is 4.39 Å². The Kier molecular flexibility index (Phi) is 6.58. The number of amides is 1. The number of anilines is 1. The number of allylic oxidation sites excluding steroid dienone is 1. The monoisotopic (exact) mass is 392 g/mol. The number of ether oxygens (including phenoxy) is 2. The zero-order chi connectivity index (χ0) is 20.6. The Labute approximate surface area is 168 Å². The summed E-state index contributed by atoms with van der Waals surface area (Å²) in [4.78, 5) is 16.3. The van der Waals surface area contributed by atoms with Crippen molar-refractivity contribution in [2.75, 3.05) is 12.4 Å².